The molecule has 0 aliphatic heterocycles. The van der Waals surface area contributed by atoms with Gasteiger partial charge < -0.3 is 15.4 Å². The minimum Gasteiger partial charge on any atom is -0.462 e. The number of anilines is 1. The summed E-state index contributed by atoms with van der Waals surface area (Å²) in [6.45, 7) is 2.43. The predicted octanol–water partition coefficient (Wildman–Crippen LogP) is 2.22. The van der Waals surface area contributed by atoms with Crippen molar-refractivity contribution >= 4 is 29.3 Å². The lowest BCUT2D eigenvalue weighted by atomic mass is 10.2. The van der Waals surface area contributed by atoms with Crippen LogP contribution in [0.15, 0.2) is 24.3 Å². The molecule has 5 nitrogen and oxygen atoms in total. The Balaban J connectivity index is 2.64. The molecule has 0 heterocycles. The molecule has 0 aromatic heterocycles. The fourth-order valence-electron chi connectivity index (χ4n) is 1.27. The predicted molar refractivity (Wildman–Crippen MR) is 70.1 cm³/mol. The van der Waals surface area contributed by atoms with E-state index in [0.29, 0.717) is 30.3 Å². The highest BCUT2D eigenvalue weighted by atomic mass is 35.5. The molecule has 18 heavy (non-hydrogen) atoms. The van der Waals surface area contributed by atoms with Gasteiger partial charge >= 0.3 is 12.0 Å². The molecule has 98 valence electrons. The number of rotatable bonds is 5. The highest BCUT2D eigenvalue weighted by molar-refractivity contribution is 6.18. The Hall–Kier alpha value is -1.75. The summed E-state index contributed by atoms with van der Waals surface area (Å²) in [7, 11) is 0. The molecule has 6 heteroatoms. The smallest absolute Gasteiger partial charge is 0.338 e. The average Bonchev–Trinajstić information content (AvgIpc) is 2.37. The van der Waals surface area contributed by atoms with Crippen molar-refractivity contribution in [3.8, 4) is 0 Å². The van der Waals surface area contributed by atoms with Crippen molar-refractivity contribution in [2.45, 2.75) is 6.92 Å². The first kappa shape index (κ1) is 14.3. The lowest BCUT2D eigenvalue weighted by Gasteiger charge is -2.07. The van der Waals surface area contributed by atoms with Gasteiger partial charge in [-0.05, 0) is 25.1 Å². The van der Waals surface area contributed by atoms with Crippen molar-refractivity contribution in [2.75, 3.05) is 24.3 Å². The second-order valence-electron chi connectivity index (χ2n) is 3.37. The van der Waals surface area contributed by atoms with Crippen molar-refractivity contribution < 1.29 is 14.3 Å². The molecule has 0 unspecified atom stereocenters. The fraction of sp³-hybridized carbons (Fsp3) is 0.333. The third-order valence-electron chi connectivity index (χ3n) is 2.01. The van der Waals surface area contributed by atoms with Crippen molar-refractivity contribution in [3.05, 3.63) is 29.8 Å². The largest absolute Gasteiger partial charge is 0.462 e. The molecule has 0 fully saturated rings. The second kappa shape index (κ2) is 7.55. The summed E-state index contributed by atoms with van der Waals surface area (Å²) >= 11 is 5.45. The molecule has 0 aliphatic rings. The third kappa shape index (κ3) is 4.63. The van der Waals surface area contributed by atoms with Crippen LogP contribution in [0.5, 0.6) is 0 Å². The van der Waals surface area contributed by atoms with Crippen molar-refractivity contribution in [2.24, 2.45) is 0 Å². The van der Waals surface area contributed by atoms with E-state index in [9.17, 15) is 9.59 Å². The molecule has 0 bridgehead atoms. The number of amides is 2. The van der Waals surface area contributed by atoms with E-state index in [-0.39, 0.29) is 6.03 Å². The van der Waals surface area contributed by atoms with E-state index < -0.39 is 5.97 Å². The van der Waals surface area contributed by atoms with Crippen molar-refractivity contribution in [1.82, 2.24) is 5.32 Å². The van der Waals surface area contributed by atoms with E-state index in [1.807, 2.05) is 0 Å². The van der Waals surface area contributed by atoms with E-state index in [1.165, 1.54) is 0 Å². The number of esters is 1. The molecule has 1 aromatic carbocycles. The van der Waals surface area contributed by atoms with E-state index >= 15 is 0 Å². The minimum absolute atomic E-state index is 0.312. The van der Waals surface area contributed by atoms with Crippen LogP contribution in [0, 0.1) is 0 Å². The maximum Gasteiger partial charge on any atom is 0.338 e. The molecule has 0 saturated heterocycles. The second-order valence-corrected chi connectivity index (χ2v) is 3.75. The van der Waals surface area contributed by atoms with Gasteiger partial charge in [0.05, 0.1) is 12.2 Å². The first-order valence-electron chi connectivity index (χ1n) is 5.55. The number of benzene rings is 1. The van der Waals surface area contributed by atoms with Crippen molar-refractivity contribution in [3.63, 3.8) is 0 Å². The van der Waals surface area contributed by atoms with Gasteiger partial charge in [-0.2, -0.15) is 0 Å². The highest BCUT2D eigenvalue weighted by Gasteiger charge is 2.07. The maximum absolute atomic E-state index is 11.5. The summed E-state index contributed by atoms with van der Waals surface area (Å²) < 4.78 is 4.87. The van der Waals surface area contributed by atoms with E-state index in [4.69, 9.17) is 16.3 Å². The van der Waals surface area contributed by atoms with Gasteiger partial charge in [0.25, 0.3) is 0 Å². The summed E-state index contributed by atoms with van der Waals surface area (Å²) in [5.41, 5.74) is 0.916. The van der Waals surface area contributed by atoms with E-state index in [0.717, 1.165) is 0 Å². The Morgan fingerprint density at radius 2 is 2.17 bits per heavy atom. The topological polar surface area (TPSA) is 67.4 Å². The number of urea groups is 1. The Morgan fingerprint density at radius 3 is 2.83 bits per heavy atom. The Morgan fingerprint density at radius 1 is 1.39 bits per heavy atom. The standard InChI is InChI=1S/C12H15ClN2O3/c1-2-18-11(16)9-4-3-5-10(8-9)15-12(17)14-7-6-13/h3-5,8H,2,6-7H2,1H3,(H2,14,15,17). The van der Waals surface area contributed by atoms with Crippen LogP contribution < -0.4 is 10.6 Å². The monoisotopic (exact) mass is 270 g/mol. The number of halogens is 1. The van der Waals surface area contributed by atoms with Crippen LogP contribution in [0.3, 0.4) is 0 Å². The summed E-state index contributed by atoms with van der Waals surface area (Å²) in [6, 6.07) is 6.17. The molecule has 1 aromatic rings. The molecular weight excluding hydrogens is 256 g/mol. The molecular formula is C12H15ClN2O3. The average molecular weight is 271 g/mol. The van der Waals surface area contributed by atoms with Gasteiger partial charge in [-0.25, -0.2) is 9.59 Å². The van der Waals surface area contributed by atoms with Crippen LogP contribution in [-0.4, -0.2) is 31.0 Å². The first-order chi connectivity index (χ1) is 8.67. The molecule has 2 amide bonds. The zero-order valence-corrected chi connectivity index (χ0v) is 10.8. The van der Waals surface area contributed by atoms with Gasteiger partial charge in [0.1, 0.15) is 0 Å². The number of nitrogens with one attached hydrogen (secondary N) is 2. The number of hydrogen-bond acceptors (Lipinski definition) is 3. The number of hydrogen-bond donors (Lipinski definition) is 2. The zero-order valence-electron chi connectivity index (χ0n) is 10.0. The lowest BCUT2D eigenvalue weighted by molar-refractivity contribution is 0.0526. The number of alkyl halides is 1. The minimum atomic E-state index is -0.415. The summed E-state index contributed by atoms with van der Waals surface area (Å²) in [5.74, 6) is -0.0710. The number of carbonyl (C=O) groups is 2. The van der Waals surface area contributed by atoms with Gasteiger partial charge in [-0.3, -0.25) is 0 Å². The van der Waals surface area contributed by atoms with Crippen LogP contribution in [0.25, 0.3) is 0 Å². The lowest BCUT2D eigenvalue weighted by Crippen LogP contribution is -2.30. The van der Waals surface area contributed by atoms with Crippen LogP contribution in [-0.2, 0) is 4.74 Å². The number of carbonyl (C=O) groups excluding carboxylic acids is 2. The molecule has 0 saturated carbocycles. The maximum atomic E-state index is 11.5. The first-order valence-corrected chi connectivity index (χ1v) is 6.08. The van der Waals surface area contributed by atoms with Crippen LogP contribution >= 0.6 is 11.6 Å². The van der Waals surface area contributed by atoms with Gasteiger partial charge in [0.15, 0.2) is 0 Å². The normalized spacial score (nSPS) is 9.67. The van der Waals surface area contributed by atoms with Gasteiger partial charge in [0, 0.05) is 18.1 Å². The summed E-state index contributed by atoms with van der Waals surface area (Å²) in [6.07, 6.45) is 0. The summed E-state index contributed by atoms with van der Waals surface area (Å²) in [5, 5.41) is 5.15. The van der Waals surface area contributed by atoms with Crippen molar-refractivity contribution in [1.29, 1.82) is 0 Å². The number of ether oxygens (including phenoxy) is 1. The van der Waals surface area contributed by atoms with Gasteiger partial charge in [-0.15, -0.1) is 11.6 Å². The fourth-order valence-corrected chi connectivity index (χ4v) is 1.37. The Bertz CT molecular complexity index is 424. The summed E-state index contributed by atoms with van der Waals surface area (Å²) in [4.78, 5) is 22.9. The van der Waals surface area contributed by atoms with Gasteiger partial charge in [-0.1, -0.05) is 6.07 Å². The van der Waals surface area contributed by atoms with Crippen LogP contribution in [0.1, 0.15) is 17.3 Å². The molecule has 1 rings (SSSR count). The van der Waals surface area contributed by atoms with E-state index in [2.05, 4.69) is 10.6 Å². The van der Waals surface area contributed by atoms with Gasteiger partial charge in [0.2, 0.25) is 0 Å². The zero-order chi connectivity index (χ0) is 13.4. The SMILES string of the molecule is CCOC(=O)c1cccc(NC(=O)NCCCl)c1. The third-order valence-corrected chi connectivity index (χ3v) is 2.20. The van der Waals surface area contributed by atoms with E-state index in [1.54, 1.807) is 31.2 Å². The van der Waals surface area contributed by atoms with Crippen LogP contribution in [0.4, 0.5) is 10.5 Å². The van der Waals surface area contributed by atoms with Crippen LogP contribution in [0.2, 0.25) is 0 Å². The quantitative estimate of drug-likeness (QED) is 0.637. The Kier molecular flexibility index (Phi) is 6.00. The molecule has 2 N–H and O–H groups in total. The highest BCUT2D eigenvalue weighted by Crippen LogP contribution is 2.11. The molecule has 0 atom stereocenters. The molecule has 0 spiro atoms. The Labute approximate surface area is 110 Å². The molecule has 0 aliphatic carbocycles. The molecule has 0 radical (unpaired) electrons.